The van der Waals surface area contributed by atoms with Crippen molar-refractivity contribution in [3.05, 3.63) is 54.1 Å². The van der Waals surface area contributed by atoms with Crippen LogP contribution in [0.15, 0.2) is 48.5 Å². The molecule has 0 aromatic heterocycles. The molecule has 0 spiro atoms. The lowest BCUT2D eigenvalue weighted by molar-refractivity contribution is 0.0949. The number of carbonyl (C=O) groups is 1. The maximum absolute atomic E-state index is 12.0. The van der Waals surface area contributed by atoms with Crippen LogP contribution in [0, 0.1) is 5.41 Å². The standard InChI is InChI=1S/C17H19N3O3/c1-11(16(18)19)20-17(21)12-6-8-13(9-7-12)23-15-5-3-4-14(10-15)22-2/h3-11H,1-2H3,(H3,18,19)(H,20,21)/t11-/m0/s1. The fraction of sp³-hybridized carbons (Fsp3) is 0.176. The Hall–Kier alpha value is -3.02. The number of hydrogen-bond acceptors (Lipinski definition) is 4. The maximum atomic E-state index is 12.0. The van der Waals surface area contributed by atoms with Crippen molar-refractivity contribution in [3.8, 4) is 17.2 Å². The first kappa shape index (κ1) is 16.4. The Balaban J connectivity index is 2.04. The van der Waals surface area contributed by atoms with Crippen molar-refractivity contribution in [2.45, 2.75) is 13.0 Å². The molecule has 0 unspecified atom stereocenters. The Kier molecular flexibility index (Phi) is 5.19. The summed E-state index contributed by atoms with van der Waals surface area (Å²) in [6, 6.07) is 13.5. The minimum atomic E-state index is -0.504. The van der Waals surface area contributed by atoms with Gasteiger partial charge < -0.3 is 20.5 Å². The highest BCUT2D eigenvalue weighted by Gasteiger charge is 2.11. The van der Waals surface area contributed by atoms with E-state index in [1.807, 2.05) is 18.2 Å². The van der Waals surface area contributed by atoms with Gasteiger partial charge in [-0.25, -0.2) is 0 Å². The first-order chi connectivity index (χ1) is 11.0. The summed E-state index contributed by atoms with van der Waals surface area (Å²) < 4.78 is 10.8. The lowest BCUT2D eigenvalue weighted by atomic mass is 10.2. The summed E-state index contributed by atoms with van der Waals surface area (Å²) in [4.78, 5) is 12.0. The first-order valence-electron chi connectivity index (χ1n) is 7.06. The average molecular weight is 313 g/mol. The number of hydrogen-bond donors (Lipinski definition) is 3. The van der Waals surface area contributed by atoms with Crippen molar-refractivity contribution in [2.24, 2.45) is 5.73 Å². The van der Waals surface area contributed by atoms with Crippen molar-refractivity contribution in [1.29, 1.82) is 5.41 Å². The van der Waals surface area contributed by atoms with E-state index < -0.39 is 6.04 Å². The van der Waals surface area contributed by atoms with Crippen molar-refractivity contribution < 1.29 is 14.3 Å². The zero-order valence-electron chi connectivity index (χ0n) is 13.0. The summed E-state index contributed by atoms with van der Waals surface area (Å²) >= 11 is 0. The molecule has 0 radical (unpaired) electrons. The van der Waals surface area contributed by atoms with Gasteiger partial charge in [0.15, 0.2) is 0 Å². The number of ether oxygens (including phenoxy) is 2. The number of nitrogens with two attached hydrogens (primary N) is 1. The summed E-state index contributed by atoms with van der Waals surface area (Å²) in [7, 11) is 1.59. The molecule has 0 saturated carbocycles. The number of benzene rings is 2. The normalized spacial score (nSPS) is 11.4. The third-order valence-electron chi connectivity index (χ3n) is 3.21. The summed E-state index contributed by atoms with van der Waals surface area (Å²) in [5.41, 5.74) is 5.80. The molecular weight excluding hydrogens is 294 g/mol. The Bertz CT molecular complexity index is 698. The van der Waals surface area contributed by atoms with Gasteiger partial charge in [0, 0.05) is 11.6 Å². The van der Waals surface area contributed by atoms with Crippen molar-refractivity contribution in [3.63, 3.8) is 0 Å². The Labute approximate surface area is 134 Å². The predicted octanol–water partition coefficient (Wildman–Crippen LogP) is 2.54. The molecule has 0 saturated heterocycles. The van der Waals surface area contributed by atoms with E-state index in [1.54, 1.807) is 44.4 Å². The quantitative estimate of drug-likeness (QED) is 0.564. The van der Waals surface area contributed by atoms with E-state index in [0.717, 1.165) is 0 Å². The molecule has 0 fully saturated rings. The minimum Gasteiger partial charge on any atom is -0.497 e. The predicted molar refractivity (Wildman–Crippen MR) is 88.4 cm³/mol. The molecule has 2 aromatic rings. The summed E-state index contributed by atoms with van der Waals surface area (Å²) in [6.45, 7) is 1.65. The van der Waals surface area contributed by atoms with Gasteiger partial charge in [-0.3, -0.25) is 10.2 Å². The van der Waals surface area contributed by atoms with Crippen molar-refractivity contribution >= 4 is 11.7 Å². The summed E-state index contributed by atoms with van der Waals surface area (Å²) in [5, 5.41) is 9.92. The van der Waals surface area contributed by atoms with E-state index in [-0.39, 0.29) is 11.7 Å². The molecule has 0 heterocycles. The van der Waals surface area contributed by atoms with Crippen molar-refractivity contribution in [2.75, 3.05) is 7.11 Å². The third kappa shape index (κ3) is 4.47. The largest absolute Gasteiger partial charge is 0.497 e. The number of nitrogens with one attached hydrogen (secondary N) is 2. The van der Waals surface area contributed by atoms with Gasteiger partial charge in [-0.05, 0) is 43.3 Å². The van der Waals surface area contributed by atoms with Gasteiger partial charge in [0.25, 0.3) is 5.91 Å². The topological polar surface area (TPSA) is 97.4 Å². The molecule has 0 aliphatic rings. The Morgan fingerprint density at radius 2 is 1.78 bits per heavy atom. The van der Waals surface area contributed by atoms with E-state index in [0.29, 0.717) is 22.8 Å². The van der Waals surface area contributed by atoms with E-state index in [4.69, 9.17) is 20.6 Å². The van der Waals surface area contributed by atoms with Crippen LogP contribution in [0.4, 0.5) is 0 Å². The van der Waals surface area contributed by atoms with Gasteiger partial charge in [-0.1, -0.05) is 6.07 Å². The van der Waals surface area contributed by atoms with Crippen molar-refractivity contribution in [1.82, 2.24) is 5.32 Å². The SMILES string of the molecule is COc1cccc(Oc2ccc(C(=O)N[C@@H](C)C(=N)N)cc2)c1. The molecule has 0 aliphatic carbocycles. The molecular formula is C17H19N3O3. The number of carbonyl (C=O) groups excluding carboxylic acids is 1. The van der Waals surface area contributed by atoms with E-state index in [9.17, 15) is 4.79 Å². The molecule has 0 aliphatic heterocycles. The van der Waals surface area contributed by atoms with E-state index >= 15 is 0 Å². The van der Waals surface area contributed by atoms with Crippen LogP contribution in [0.25, 0.3) is 0 Å². The van der Waals surface area contributed by atoms with Gasteiger partial charge >= 0.3 is 0 Å². The fourth-order valence-electron chi connectivity index (χ4n) is 1.83. The monoisotopic (exact) mass is 313 g/mol. The molecule has 1 amide bonds. The molecule has 2 aromatic carbocycles. The zero-order chi connectivity index (χ0) is 16.8. The highest BCUT2D eigenvalue weighted by atomic mass is 16.5. The maximum Gasteiger partial charge on any atom is 0.251 e. The second-order valence-electron chi connectivity index (χ2n) is 4.96. The molecule has 0 bridgehead atoms. The van der Waals surface area contributed by atoms with Crippen LogP contribution in [0.5, 0.6) is 17.2 Å². The van der Waals surface area contributed by atoms with Crippen LogP contribution in [0.3, 0.4) is 0 Å². The number of methoxy groups -OCH3 is 1. The minimum absolute atomic E-state index is 0.0867. The second-order valence-corrected chi connectivity index (χ2v) is 4.96. The van der Waals surface area contributed by atoms with Gasteiger partial charge in [-0.15, -0.1) is 0 Å². The smallest absolute Gasteiger partial charge is 0.251 e. The zero-order valence-corrected chi connectivity index (χ0v) is 13.0. The molecule has 2 rings (SSSR count). The van der Waals surface area contributed by atoms with Crippen LogP contribution in [0.1, 0.15) is 17.3 Å². The molecule has 23 heavy (non-hydrogen) atoms. The Morgan fingerprint density at radius 1 is 1.13 bits per heavy atom. The molecule has 6 nitrogen and oxygen atoms in total. The molecule has 120 valence electrons. The van der Waals surface area contributed by atoms with Crippen LogP contribution in [0.2, 0.25) is 0 Å². The highest BCUT2D eigenvalue weighted by Crippen LogP contribution is 2.25. The average Bonchev–Trinajstić information content (AvgIpc) is 2.55. The van der Waals surface area contributed by atoms with Gasteiger partial charge in [0.2, 0.25) is 0 Å². The van der Waals surface area contributed by atoms with Gasteiger partial charge in [-0.2, -0.15) is 0 Å². The lowest BCUT2D eigenvalue weighted by Gasteiger charge is -2.12. The highest BCUT2D eigenvalue weighted by molar-refractivity contribution is 5.97. The van der Waals surface area contributed by atoms with Crippen LogP contribution >= 0.6 is 0 Å². The van der Waals surface area contributed by atoms with Crippen LogP contribution in [-0.4, -0.2) is 24.9 Å². The second kappa shape index (κ2) is 7.31. The van der Waals surface area contributed by atoms with Crippen LogP contribution in [-0.2, 0) is 0 Å². The van der Waals surface area contributed by atoms with Gasteiger partial charge in [0.05, 0.1) is 13.2 Å². The van der Waals surface area contributed by atoms with E-state index in [1.165, 1.54) is 0 Å². The van der Waals surface area contributed by atoms with Crippen LogP contribution < -0.4 is 20.5 Å². The summed E-state index contributed by atoms with van der Waals surface area (Å²) in [6.07, 6.45) is 0. The number of rotatable bonds is 6. The summed E-state index contributed by atoms with van der Waals surface area (Å²) in [5.74, 6) is 1.58. The van der Waals surface area contributed by atoms with Gasteiger partial charge in [0.1, 0.15) is 23.1 Å². The third-order valence-corrected chi connectivity index (χ3v) is 3.21. The Morgan fingerprint density at radius 3 is 2.39 bits per heavy atom. The molecule has 4 N–H and O–H groups in total. The van der Waals surface area contributed by atoms with E-state index in [2.05, 4.69) is 5.32 Å². The fourth-order valence-corrected chi connectivity index (χ4v) is 1.83. The molecule has 1 atom stereocenters. The number of amides is 1. The first-order valence-corrected chi connectivity index (χ1v) is 7.06. The number of amidine groups is 1. The molecule has 6 heteroatoms. The lowest BCUT2D eigenvalue weighted by Crippen LogP contribution is -2.41.